The first-order valence-electron chi connectivity index (χ1n) is 10.1. The summed E-state index contributed by atoms with van der Waals surface area (Å²) in [6, 6.07) is 26.7. The molecule has 1 fully saturated rings. The second kappa shape index (κ2) is 9.57. The second-order valence-corrected chi connectivity index (χ2v) is 12.8. The highest BCUT2D eigenvalue weighted by Crippen LogP contribution is 2.27. The number of benzene rings is 3. The van der Waals surface area contributed by atoms with Crippen LogP contribution < -0.4 is 20.4 Å². The van der Waals surface area contributed by atoms with Gasteiger partial charge in [-0.3, -0.25) is 4.79 Å². The van der Waals surface area contributed by atoms with Crippen molar-refractivity contribution in [1.29, 1.82) is 0 Å². The van der Waals surface area contributed by atoms with Crippen LogP contribution in [0.3, 0.4) is 0 Å². The van der Waals surface area contributed by atoms with Gasteiger partial charge >= 0.3 is 0 Å². The van der Waals surface area contributed by atoms with Crippen molar-refractivity contribution < 1.29 is 9.53 Å². The first-order chi connectivity index (χ1) is 15.5. The maximum absolute atomic E-state index is 12.0. The van der Waals surface area contributed by atoms with E-state index in [4.69, 9.17) is 17.0 Å². The second-order valence-electron chi connectivity index (χ2n) is 7.42. The number of carbonyl (C=O) groups is 1. The molecule has 1 aliphatic rings. The van der Waals surface area contributed by atoms with Crippen LogP contribution in [0.15, 0.2) is 83.8 Å². The van der Waals surface area contributed by atoms with Crippen LogP contribution in [-0.4, -0.2) is 25.4 Å². The molecule has 158 valence electrons. The van der Waals surface area contributed by atoms with E-state index >= 15 is 0 Å². The van der Waals surface area contributed by atoms with Gasteiger partial charge in [-0.1, -0.05) is 103 Å². The molecule has 3 nitrogen and oxygen atoms in total. The fourth-order valence-electron chi connectivity index (χ4n) is 3.53. The summed E-state index contributed by atoms with van der Waals surface area (Å²) in [7, 11) is -0.670. The van der Waals surface area contributed by atoms with Crippen molar-refractivity contribution in [2.45, 2.75) is 6.55 Å². The van der Waals surface area contributed by atoms with Crippen molar-refractivity contribution in [3.05, 3.63) is 94.9 Å². The van der Waals surface area contributed by atoms with Crippen molar-refractivity contribution >= 4 is 58.7 Å². The van der Waals surface area contributed by atoms with Crippen LogP contribution in [0.5, 0.6) is 5.75 Å². The molecule has 3 aromatic carbocycles. The molecule has 0 saturated carbocycles. The molecule has 1 saturated heterocycles. The van der Waals surface area contributed by atoms with Crippen LogP contribution in [0.25, 0.3) is 6.08 Å². The van der Waals surface area contributed by atoms with E-state index in [1.165, 1.54) is 22.1 Å². The third kappa shape index (κ3) is 4.70. The summed E-state index contributed by atoms with van der Waals surface area (Å²) in [5, 5.41) is 5.15. The number of carbonyl (C=O) groups excluding carboxylic acids is 1. The Morgan fingerprint density at radius 2 is 1.62 bits per heavy atom. The minimum atomic E-state index is -2.31. The summed E-state index contributed by atoms with van der Waals surface area (Å²) in [6.07, 6.45) is 1.83. The molecule has 0 bridgehead atoms. The molecule has 1 heterocycles. The Balaban J connectivity index is 1.79. The number of methoxy groups -OCH3 is 1. The fraction of sp³-hybridized carbons (Fsp3) is 0.0769. The van der Waals surface area contributed by atoms with Crippen molar-refractivity contribution in [2.24, 2.45) is 0 Å². The third-order valence-electron chi connectivity index (χ3n) is 5.31. The molecule has 4 rings (SSSR count). The SMILES string of the molecule is COc1ccc(/C=C2\SC(=S)NC2=O)cc1C#C[Si](C)(c1ccccc1)c1ccccc1. The zero-order valence-corrected chi connectivity index (χ0v) is 20.3. The summed E-state index contributed by atoms with van der Waals surface area (Å²) >= 11 is 6.35. The largest absolute Gasteiger partial charge is 0.495 e. The number of nitrogens with one attached hydrogen (secondary N) is 1. The highest BCUT2D eigenvalue weighted by molar-refractivity contribution is 8.26. The van der Waals surface area contributed by atoms with E-state index in [1.54, 1.807) is 7.11 Å². The lowest BCUT2D eigenvalue weighted by Crippen LogP contribution is -2.54. The summed E-state index contributed by atoms with van der Waals surface area (Å²) < 4.78 is 6.05. The molecule has 0 spiro atoms. The van der Waals surface area contributed by atoms with E-state index in [1.807, 2.05) is 36.4 Å². The van der Waals surface area contributed by atoms with Gasteiger partial charge in [0.05, 0.1) is 17.6 Å². The predicted octanol–water partition coefficient (Wildman–Crippen LogP) is 3.97. The number of amides is 1. The molecule has 0 atom stereocenters. The van der Waals surface area contributed by atoms with Gasteiger partial charge in [-0.2, -0.15) is 0 Å². The monoisotopic (exact) mass is 471 g/mol. The van der Waals surface area contributed by atoms with Crippen molar-refractivity contribution in [3.8, 4) is 17.2 Å². The lowest BCUT2D eigenvalue weighted by Gasteiger charge is -2.22. The van der Waals surface area contributed by atoms with Crippen LogP contribution in [-0.2, 0) is 4.79 Å². The number of rotatable bonds is 4. The molecule has 3 aromatic rings. The van der Waals surface area contributed by atoms with Crippen LogP contribution in [0.4, 0.5) is 0 Å². The average molecular weight is 472 g/mol. The molecule has 0 aromatic heterocycles. The quantitative estimate of drug-likeness (QED) is 0.271. The van der Waals surface area contributed by atoms with Crippen LogP contribution in [0, 0.1) is 11.5 Å². The third-order valence-corrected chi connectivity index (χ3v) is 10.1. The van der Waals surface area contributed by atoms with Gasteiger partial charge in [0.15, 0.2) is 8.07 Å². The Morgan fingerprint density at radius 3 is 2.16 bits per heavy atom. The lowest BCUT2D eigenvalue weighted by molar-refractivity contribution is -0.115. The predicted molar refractivity (Wildman–Crippen MR) is 140 cm³/mol. The highest BCUT2D eigenvalue weighted by Gasteiger charge is 2.30. The fourth-order valence-corrected chi connectivity index (χ4v) is 7.30. The van der Waals surface area contributed by atoms with Gasteiger partial charge in [0.2, 0.25) is 0 Å². The minimum Gasteiger partial charge on any atom is -0.495 e. The van der Waals surface area contributed by atoms with Gasteiger partial charge in [0.25, 0.3) is 5.91 Å². The molecular weight excluding hydrogens is 451 g/mol. The van der Waals surface area contributed by atoms with E-state index in [0.717, 1.165) is 11.1 Å². The average Bonchev–Trinajstić information content (AvgIpc) is 3.15. The smallest absolute Gasteiger partial charge is 0.263 e. The Kier molecular flexibility index (Phi) is 6.61. The van der Waals surface area contributed by atoms with Gasteiger partial charge in [-0.05, 0) is 34.1 Å². The van der Waals surface area contributed by atoms with E-state index in [0.29, 0.717) is 15.0 Å². The molecule has 0 unspecified atom stereocenters. The van der Waals surface area contributed by atoms with Crippen molar-refractivity contribution in [2.75, 3.05) is 7.11 Å². The molecule has 32 heavy (non-hydrogen) atoms. The van der Waals surface area contributed by atoms with E-state index in [9.17, 15) is 4.79 Å². The van der Waals surface area contributed by atoms with Gasteiger partial charge in [-0.25, -0.2) is 0 Å². The maximum Gasteiger partial charge on any atom is 0.263 e. The number of thiocarbonyl (C=S) groups is 1. The normalized spacial score (nSPS) is 14.6. The summed E-state index contributed by atoms with van der Waals surface area (Å²) in [4.78, 5) is 12.6. The molecular formula is C26H21NO2S2Si. The van der Waals surface area contributed by atoms with Gasteiger partial charge in [0.1, 0.15) is 10.1 Å². The molecule has 0 radical (unpaired) electrons. The topological polar surface area (TPSA) is 38.3 Å². The Morgan fingerprint density at radius 1 is 1.00 bits per heavy atom. The zero-order valence-electron chi connectivity index (χ0n) is 17.7. The van der Waals surface area contributed by atoms with Gasteiger partial charge < -0.3 is 10.1 Å². The summed E-state index contributed by atoms with van der Waals surface area (Å²) in [5.74, 6) is 3.95. The number of hydrogen-bond acceptors (Lipinski definition) is 4. The van der Waals surface area contributed by atoms with Crippen LogP contribution in [0.1, 0.15) is 11.1 Å². The van der Waals surface area contributed by atoms with Gasteiger partial charge in [-0.15, -0.1) is 5.54 Å². The highest BCUT2D eigenvalue weighted by atomic mass is 32.2. The Hall–Kier alpha value is -3.11. The van der Waals surface area contributed by atoms with E-state index < -0.39 is 8.07 Å². The molecule has 1 amide bonds. The molecule has 0 aliphatic carbocycles. The summed E-state index contributed by atoms with van der Waals surface area (Å²) in [6.45, 7) is 2.27. The molecule has 6 heteroatoms. The van der Waals surface area contributed by atoms with Crippen molar-refractivity contribution in [1.82, 2.24) is 5.32 Å². The summed E-state index contributed by atoms with van der Waals surface area (Å²) in [5.41, 5.74) is 5.30. The zero-order chi connectivity index (χ0) is 22.6. The number of ether oxygens (including phenoxy) is 1. The van der Waals surface area contributed by atoms with E-state index in [-0.39, 0.29) is 5.91 Å². The standard InChI is InChI=1S/C26H21NO2S2Si/c1-29-23-14-13-19(18-24-25(28)27-26(30)31-24)17-20(23)15-16-32(2,21-9-5-3-6-10-21)22-11-7-4-8-12-22/h3-14,17-18H,1-2H3,(H,27,28,30)/b24-18-. The minimum absolute atomic E-state index is 0.170. The number of thioether (sulfide) groups is 1. The lowest BCUT2D eigenvalue weighted by atomic mass is 10.1. The Bertz CT molecular complexity index is 1220. The van der Waals surface area contributed by atoms with Gasteiger partial charge in [0, 0.05) is 0 Å². The van der Waals surface area contributed by atoms with Crippen LogP contribution in [0.2, 0.25) is 6.55 Å². The first kappa shape index (κ1) is 22.1. The van der Waals surface area contributed by atoms with Crippen molar-refractivity contribution in [3.63, 3.8) is 0 Å². The molecule has 1 aliphatic heterocycles. The van der Waals surface area contributed by atoms with E-state index in [2.05, 4.69) is 71.9 Å². The maximum atomic E-state index is 12.0. The number of hydrogen-bond donors (Lipinski definition) is 1. The Labute approximate surface area is 198 Å². The first-order valence-corrected chi connectivity index (χ1v) is 13.8. The molecule has 1 N–H and O–H groups in total. The van der Waals surface area contributed by atoms with Crippen LogP contribution >= 0.6 is 24.0 Å².